The SMILES string of the molecule is CCNC1c2ccccc2OCC1S(=O)(=O)CC(C)C. The average Bonchev–Trinajstić information content (AvgIpc) is 2.37. The molecule has 0 aromatic heterocycles. The van der Waals surface area contributed by atoms with Gasteiger partial charge in [-0.3, -0.25) is 0 Å². The second kappa shape index (κ2) is 6.14. The minimum Gasteiger partial charge on any atom is -0.492 e. The van der Waals surface area contributed by atoms with Gasteiger partial charge in [-0.05, 0) is 18.5 Å². The molecule has 0 saturated carbocycles. The standard InChI is InChI=1S/C15H23NO3S/c1-4-16-15-12-7-5-6-8-13(12)19-9-14(15)20(17,18)10-11(2)3/h5-8,11,14-16H,4,9-10H2,1-3H3. The summed E-state index contributed by atoms with van der Waals surface area (Å²) in [6.45, 7) is 6.80. The number of hydrogen-bond acceptors (Lipinski definition) is 4. The lowest BCUT2D eigenvalue weighted by molar-refractivity contribution is 0.255. The predicted molar refractivity (Wildman–Crippen MR) is 80.8 cm³/mol. The van der Waals surface area contributed by atoms with Crippen LogP contribution in [-0.2, 0) is 9.84 Å². The minimum absolute atomic E-state index is 0.124. The first kappa shape index (κ1) is 15.3. The van der Waals surface area contributed by atoms with Gasteiger partial charge in [0.1, 0.15) is 17.6 Å². The molecule has 1 N–H and O–H groups in total. The topological polar surface area (TPSA) is 55.4 Å². The first-order chi connectivity index (χ1) is 9.45. The van der Waals surface area contributed by atoms with E-state index in [4.69, 9.17) is 4.74 Å². The lowest BCUT2D eigenvalue weighted by Gasteiger charge is -2.34. The number of hydrogen-bond donors (Lipinski definition) is 1. The largest absolute Gasteiger partial charge is 0.492 e. The second-order valence-electron chi connectivity index (χ2n) is 5.65. The quantitative estimate of drug-likeness (QED) is 0.905. The van der Waals surface area contributed by atoms with Gasteiger partial charge in [0, 0.05) is 5.56 Å². The summed E-state index contributed by atoms with van der Waals surface area (Å²) >= 11 is 0. The van der Waals surface area contributed by atoms with Crippen LogP contribution >= 0.6 is 0 Å². The molecule has 20 heavy (non-hydrogen) atoms. The third-order valence-corrected chi connectivity index (χ3v) is 5.94. The molecule has 0 radical (unpaired) electrons. The van der Waals surface area contributed by atoms with Crippen molar-refractivity contribution >= 4 is 9.84 Å². The molecule has 2 rings (SSSR count). The Labute approximate surface area is 121 Å². The van der Waals surface area contributed by atoms with E-state index in [1.165, 1.54) is 0 Å². The Balaban J connectivity index is 2.35. The molecular formula is C15H23NO3S. The molecule has 0 fully saturated rings. The van der Waals surface area contributed by atoms with E-state index in [0.29, 0.717) is 0 Å². The van der Waals surface area contributed by atoms with Gasteiger partial charge in [-0.2, -0.15) is 0 Å². The number of ether oxygens (including phenoxy) is 1. The molecular weight excluding hydrogens is 274 g/mol. The molecule has 0 saturated heterocycles. The Morgan fingerprint density at radius 1 is 1.35 bits per heavy atom. The molecule has 1 aliphatic heterocycles. The highest BCUT2D eigenvalue weighted by atomic mass is 32.2. The second-order valence-corrected chi connectivity index (χ2v) is 7.91. The third kappa shape index (κ3) is 3.15. The number of benzene rings is 1. The maximum absolute atomic E-state index is 12.6. The molecule has 0 amide bonds. The van der Waals surface area contributed by atoms with E-state index in [2.05, 4.69) is 5.32 Å². The van der Waals surface area contributed by atoms with Gasteiger partial charge in [-0.15, -0.1) is 0 Å². The van der Waals surface area contributed by atoms with Gasteiger partial charge in [0.15, 0.2) is 9.84 Å². The Kier molecular flexibility index (Phi) is 4.70. The summed E-state index contributed by atoms with van der Waals surface area (Å²) in [5.74, 6) is 1.11. The molecule has 1 aliphatic rings. The number of nitrogens with one attached hydrogen (secondary N) is 1. The fraction of sp³-hybridized carbons (Fsp3) is 0.600. The van der Waals surface area contributed by atoms with Crippen LogP contribution < -0.4 is 10.1 Å². The first-order valence-electron chi connectivity index (χ1n) is 7.12. The van der Waals surface area contributed by atoms with Crippen molar-refractivity contribution in [3.05, 3.63) is 29.8 Å². The molecule has 112 valence electrons. The van der Waals surface area contributed by atoms with Gasteiger partial charge in [0.05, 0.1) is 11.8 Å². The molecule has 0 spiro atoms. The maximum atomic E-state index is 12.6. The molecule has 1 aromatic rings. The Bertz CT molecular complexity index is 554. The smallest absolute Gasteiger partial charge is 0.158 e. The zero-order chi connectivity index (χ0) is 14.8. The number of fused-ring (bicyclic) bond motifs is 1. The van der Waals surface area contributed by atoms with Crippen LogP contribution in [-0.4, -0.2) is 32.6 Å². The van der Waals surface area contributed by atoms with Gasteiger partial charge in [0.25, 0.3) is 0 Å². The Morgan fingerprint density at radius 2 is 2.05 bits per heavy atom. The van der Waals surface area contributed by atoms with Crippen molar-refractivity contribution in [2.24, 2.45) is 5.92 Å². The van der Waals surface area contributed by atoms with Crippen LogP contribution in [0.5, 0.6) is 5.75 Å². The monoisotopic (exact) mass is 297 g/mol. The summed E-state index contributed by atoms with van der Waals surface area (Å²) in [4.78, 5) is 0. The van der Waals surface area contributed by atoms with Crippen LogP contribution in [0.2, 0.25) is 0 Å². The summed E-state index contributed by atoms with van der Waals surface area (Å²) in [5, 5.41) is 2.80. The van der Waals surface area contributed by atoms with Gasteiger partial charge < -0.3 is 10.1 Å². The molecule has 0 aliphatic carbocycles. The summed E-state index contributed by atoms with van der Waals surface area (Å²) < 4.78 is 30.8. The van der Waals surface area contributed by atoms with Crippen LogP contribution in [0, 0.1) is 5.92 Å². The van der Waals surface area contributed by atoms with Gasteiger partial charge in [0.2, 0.25) is 0 Å². The normalized spacial score (nSPS) is 22.4. The average molecular weight is 297 g/mol. The summed E-state index contributed by atoms with van der Waals surface area (Å²) in [6, 6.07) is 7.48. The van der Waals surface area contributed by atoms with Crippen molar-refractivity contribution in [2.75, 3.05) is 18.9 Å². The number of para-hydroxylation sites is 1. The lowest BCUT2D eigenvalue weighted by Crippen LogP contribution is -2.45. The minimum atomic E-state index is -3.18. The van der Waals surface area contributed by atoms with E-state index in [1.54, 1.807) is 0 Å². The highest BCUT2D eigenvalue weighted by molar-refractivity contribution is 7.92. The Hall–Kier alpha value is -1.07. The van der Waals surface area contributed by atoms with Crippen molar-refractivity contribution < 1.29 is 13.2 Å². The highest BCUT2D eigenvalue weighted by Gasteiger charge is 2.39. The maximum Gasteiger partial charge on any atom is 0.158 e. The lowest BCUT2D eigenvalue weighted by atomic mass is 10.0. The summed E-state index contributed by atoms with van der Waals surface area (Å²) in [6.07, 6.45) is 0. The molecule has 2 atom stereocenters. The first-order valence-corrected chi connectivity index (χ1v) is 8.84. The van der Waals surface area contributed by atoms with Gasteiger partial charge in [-0.25, -0.2) is 8.42 Å². The van der Waals surface area contributed by atoms with Crippen molar-refractivity contribution in [3.8, 4) is 5.75 Å². The number of rotatable bonds is 5. The fourth-order valence-electron chi connectivity index (χ4n) is 2.70. The highest BCUT2D eigenvalue weighted by Crippen LogP contribution is 2.35. The van der Waals surface area contributed by atoms with E-state index >= 15 is 0 Å². The molecule has 1 aromatic carbocycles. The van der Waals surface area contributed by atoms with Crippen molar-refractivity contribution in [1.82, 2.24) is 5.32 Å². The Morgan fingerprint density at radius 3 is 2.70 bits per heavy atom. The van der Waals surface area contributed by atoms with Gasteiger partial charge in [-0.1, -0.05) is 39.0 Å². The van der Waals surface area contributed by atoms with Crippen LogP contribution in [0.15, 0.2) is 24.3 Å². The van der Waals surface area contributed by atoms with E-state index < -0.39 is 15.1 Å². The summed E-state index contributed by atoms with van der Waals surface area (Å²) in [5.41, 5.74) is 0.943. The zero-order valence-corrected chi connectivity index (χ0v) is 13.1. The molecule has 4 nitrogen and oxygen atoms in total. The van der Waals surface area contributed by atoms with E-state index in [0.717, 1.165) is 17.9 Å². The van der Waals surface area contributed by atoms with Gasteiger partial charge >= 0.3 is 0 Å². The van der Waals surface area contributed by atoms with E-state index in [9.17, 15) is 8.42 Å². The predicted octanol–water partition coefficient (Wildman–Crippen LogP) is 2.17. The molecule has 0 bridgehead atoms. The van der Waals surface area contributed by atoms with E-state index in [-0.39, 0.29) is 24.3 Å². The summed E-state index contributed by atoms with van der Waals surface area (Å²) in [7, 11) is -3.18. The van der Waals surface area contributed by atoms with Crippen LogP contribution in [0.4, 0.5) is 0 Å². The third-order valence-electron chi connectivity index (χ3n) is 3.48. The number of sulfone groups is 1. The van der Waals surface area contributed by atoms with Crippen LogP contribution in [0.25, 0.3) is 0 Å². The van der Waals surface area contributed by atoms with Crippen molar-refractivity contribution in [3.63, 3.8) is 0 Å². The van der Waals surface area contributed by atoms with Crippen LogP contribution in [0.3, 0.4) is 0 Å². The molecule has 2 unspecified atom stereocenters. The van der Waals surface area contributed by atoms with E-state index in [1.807, 2.05) is 45.0 Å². The zero-order valence-electron chi connectivity index (χ0n) is 12.3. The van der Waals surface area contributed by atoms with Crippen molar-refractivity contribution in [1.29, 1.82) is 0 Å². The van der Waals surface area contributed by atoms with Crippen molar-refractivity contribution in [2.45, 2.75) is 32.1 Å². The van der Waals surface area contributed by atoms with Crippen LogP contribution in [0.1, 0.15) is 32.4 Å². The molecule has 5 heteroatoms. The fourth-order valence-corrected chi connectivity index (χ4v) is 4.81. The molecule has 1 heterocycles.